The molecule has 2 fully saturated rings. The Morgan fingerprint density at radius 2 is 1.65 bits per heavy atom. The van der Waals surface area contributed by atoms with Crippen molar-refractivity contribution in [2.24, 2.45) is 5.73 Å². The van der Waals surface area contributed by atoms with Crippen molar-refractivity contribution in [2.75, 3.05) is 52.4 Å². The smallest absolute Gasteiger partial charge is 0.242 e. The Hall–Kier alpha value is -1.09. The van der Waals surface area contributed by atoms with Gasteiger partial charge in [0, 0.05) is 38.8 Å². The third-order valence-electron chi connectivity index (χ3n) is 4.83. The van der Waals surface area contributed by atoms with Crippen LogP contribution in [0.3, 0.4) is 0 Å². The van der Waals surface area contributed by atoms with Crippen molar-refractivity contribution < 1.29 is 14.4 Å². The third kappa shape index (κ3) is 7.26. The average Bonchev–Trinajstić information content (AvgIpc) is 2.60. The maximum atomic E-state index is 12.4. The van der Waals surface area contributed by atoms with E-state index in [4.69, 9.17) is 5.73 Å². The number of carbonyl (C=O) groups excluding carboxylic acids is 3. The van der Waals surface area contributed by atoms with Crippen LogP contribution < -0.4 is 11.1 Å². The van der Waals surface area contributed by atoms with Gasteiger partial charge in [0.2, 0.25) is 17.7 Å². The molecule has 8 nitrogen and oxygen atoms in total. The van der Waals surface area contributed by atoms with Gasteiger partial charge in [-0.05, 0) is 26.2 Å². The summed E-state index contributed by atoms with van der Waals surface area (Å²) < 4.78 is 0. The Morgan fingerprint density at radius 1 is 1.00 bits per heavy atom. The van der Waals surface area contributed by atoms with Crippen LogP contribution in [0.2, 0.25) is 0 Å². The molecule has 0 saturated carbocycles. The van der Waals surface area contributed by atoms with Crippen LogP contribution >= 0.6 is 24.8 Å². The Bertz CT molecular complexity index is 473. The monoisotopic (exact) mass is 411 g/mol. The van der Waals surface area contributed by atoms with E-state index in [2.05, 4.69) is 17.1 Å². The van der Waals surface area contributed by atoms with Crippen LogP contribution in [0.15, 0.2) is 0 Å². The first-order valence-electron chi connectivity index (χ1n) is 8.77. The predicted octanol–water partition coefficient (Wildman–Crippen LogP) is -0.550. The second-order valence-electron chi connectivity index (χ2n) is 6.57. The van der Waals surface area contributed by atoms with Gasteiger partial charge in [0.25, 0.3) is 0 Å². The maximum absolute atomic E-state index is 12.4. The number of nitrogens with zero attached hydrogens (tertiary/aromatic N) is 3. The van der Waals surface area contributed by atoms with Gasteiger partial charge in [-0.1, -0.05) is 0 Å². The molecule has 26 heavy (non-hydrogen) atoms. The van der Waals surface area contributed by atoms with E-state index in [0.29, 0.717) is 38.8 Å². The lowest BCUT2D eigenvalue weighted by Gasteiger charge is -2.38. The number of amides is 3. The van der Waals surface area contributed by atoms with Gasteiger partial charge in [-0.2, -0.15) is 0 Å². The van der Waals surface area contributed by atoms with E-state index < -0.39 is 0 Å². The van der Waals surface area contributed by atoms with E-state index in [1.54, 1.807) is 4.90 Å². The van der Waals surface area contributed by atoms with Crippen molar-refractivity contribution in [3.05, 3.63) is 0 Å². The average molecular weight is 412 g/mol. The first-order chi connectivity index (χ1) is 11.5. The summed E-state index contributed by atoms with van der Waals surface area (Å²) in [5.41, 5.74) is 5.19. The van der Waals surface area contributed by atoms with Gasteiger partial charge in [-0.15, -0.1) is 24.8 Å². The van der Waals surface area contributed by atoms with Crippen LogP contribution in [-0.4, -0.2) is 90.8 Å². The molecular weight excluding hydrogens is 381 g/mol. The van der Waals surface area contributed by atoms with Crippen molar-refractivity contribution in [1.29, 1.82) is 0 Å². The summed E-state index contributed by atoms with van der Waals surface area (Å²) in [6.07, 6.45) is 3.38. The molecule has 3 N–H and O–H groups in total. The van der Waals surface area contributed by atoms with Crippen LogP contribution in [-0.2, 0) is 14.4 Å². The van der Waals surface area contributed by atoms with Gasteiger partial charge in [-0.25, -0.2) is 0 Å². The molecule has 2 heterocycles. The number of nitrogens with one attached hydrogen (secondary N) is 1. The molecule has 1 atom stereocenters. The van der Waals surface area contributed by atoms with Crippen molar-refractivity contribution in [2.45, 2.75) is 32.2 Å². The van der Waals surface area contributed by atoms with Gasteiger partial charge < -0.3 is 20.9 Å². The highest BCUT2D eigenvalue weighted by Gasteiger charge is 2.27. The Kier molecular flexibility index (Phi) is 11.8. The SMILES string of the molecule is CC1CCCCN1C(=O)CN1CCN(C(=O)CNC(=O)CN)CC1.Cl.Cl. The van der Waals surface area contributed by atoms with E-state index in [-0.39, 0.29) is 55.6 Å². The standard InChI is InChI=1S/C16H29N5O3.2ClH/c1-13-4-2-3-5-21(13)16(24)12-19-6-8-20(9-7-19)15(23)11-18-14(22)10-17;;/h13H,2-12,17H2,1H3,(H,18,22);2*1H. The maximum Gasteiger partial charge on any atom is 0.242 e. The minimum absolute atomic E-state index is 0. The molecular formula is C16H31Cl2N5O3. The molecule has 2 aliphatic heterocycles. The normalized spacial score (nSPS) is 20.6. The van der Waals surface area contributed by atoms with Crippen molar-refractivity contribution in [3.8, 4) is 0 Å². The molecule has 0 aliphatic carbocycles. The molecule has 0 spiro atoms. The molecule has 3 amide bonds. The topological polar surface area (TPSA) is 99.0 Å². The summed E-state index contributed by atoms with van der Waals surface area (Å²) in [6.45, 7) is 5.81. The van der Waals surface area contributed by atoms with E-state index in [9.17, 15) is 14.4 Å². The zero-order valence-electron chi connectivity index (χ0n) is 15.3. The summed E-state index contributed by atoms with van der Waals surface area (Å²) >= 11 is 0. The van der Waals surface area contributed by atoms with Crippen LogP contribution in [0, 0.1) is 0 Å². The molecule has 0 aromatic rings. The largest absolute Gasteiger partial charge is 0.346 e. The van der Waals surface area contributed by atoms with Crippen molar-refractivity contribution in [1.82, 2.24) is 20.0 Å². The second kappa shape index (κ2) is 12.3. The number of hydrogen-bond donors (Lipinski definition) is 2. The van der Waals surface area contributed by atoms with E-state index in [1.807, 2.05) is 4.90 Å². The first kappa shape index (κ1) is 24.9. The van der Waals surface area contributed by atoms with E-state index in [0.717, 1.165) is 19.4 Å². The predicted molar refractivity (Wildman–Crippen MR) is 105 cm³/mol. The second-order valence-corrected chi connectivity index (χ2v) is 6.57. The van der Waals surface area contributed by atoms with Gasteiger partial charge in [-0.3, -0.25) is 19.3 Å². The quantitative estimate of drug-likeness (QED) is 0.632. The first-order valence-corrected chi connectivity index (χ1v) is 8.77. The molecule has 2 aliphatic rings. The Labute approximate surface area is 167 Å². The fourth-order valence-corrected chi connectivity index (χ4v) is 3.26. The zero-order chi connectivity index (χ0) is 17.5. The number of rotatable bonds is 5. The summed E-state index contributed by atoms with van der Waals surface area (Å²) in [5, 5.41) is 2.49. The molecule has 0 bridgehead atoms. The van der Waals surface area contributed by atoms with E-state index in [1.165, 1.54) is 6.42 Å². The summed E-state index contributed by atoms with van der Waals surface area (Å²) in [7, 11) is 0. The molecule has 152 valence electrons. The highest BCUT2D eigenvalue weighted by Crippen LogP contribution is 2.16. The number of nitrogens with two attached hydrogens (primary N) is 1. The number of piperazine rings is 1. The molecule has 10 heteroatoms. The van der Waals surface area contributed by atoms with Crippen LogP contribution in [0.25, 0.3) is 0 Å². The number of likely N-dealkylation sites (tertiary alicyclic amines) is 1. The Balaban J connectivity index is 0.00000312. The zero-order valence-corrected chi connectivity index (χ0v) is 16.9. The lowest BCUT2D eigenvalue weighted by molar-refractivity contribution is -0.137. The van der Waals surface area contributed by atoms with Gasteiger partial charge >= 0.3 is 0 Å². The van der Waals surface area contributed by atoms with Crippen LogP contribution in [0.4, 0.5) is 0 Å². The van der Waals surface area contributed by atoms with Gasteiger partial charge in [0.05, 0.1) is 19.6 Å². The number of halogens is 2. The highest BCUT2D eigenvalue weighted by molar-refractivity contribution is 5.86. The fourth-order valence-electron chi connectivity index (χ4n) is 3.26. The highest BCUT2D eigenvalue weighted by atomic mass is 35.5. The Morgan fingerprint density at radius 3 is 2.23 bits per heavy atom. The van der Waals surface area contributed by atoms with Crippen molar-refractivity contribution >= 4 is 42.5 Å². The minimum atomic E-state index is -0.330. The molecule has 0 aromatic heterocycles. The summed E-state index contributed by atoms with van der Waals surface area (Å²) in [5.74, 6) is -0.243. The fraction of sp³-hybridized carbons (Fsp3) is 0.812. The lowest BCUT2D eigenvalue weighted by Crippen LogP contribution is -2.54. The number of carbonyl (C=O) groups is 3. The molecule has 0 aromatic carbocycles. The minimum Gasteiger partial charge on any atom is -0.346 e. The number of hydrogen-bond acceptors (Lipinski definition) is 5. The number of piperidine rings is 1. The summed E-state index contributed by atoms with van der Waals surface area (Å²) in [4.78, 5) is 41.4. The van der Waals surface area contributed by atoms with E-state index >= 15 is 0 Å². The summed E-state index contributed by atoms with van der Waals surface area (Å²) in [6, 6.07) is 0.334. The molecule has 2 saturated heterocycles. The molecule has 2 rings (SSSR count). The third-order valence-corrected chi connectivity index (χ3v) is 4.83. The van der Waals surface area contributed by atoms with Crippen LogP contribution in [0.1, 0.15) is 26.2 Å². The van der Waals surface area contributed by atoms with Crippen molar-refractivity contribution in [3.63, 3.8) is 0 Å². The molecule has 0 radical (unpaired) electrons. The van der Waals surface area contributed by atoms with Gasteiger partial charge in [0.1, 0.15) is 0 Å². The lowest BCUT2D eigenvalue weighted by atomic mass is 10.0. The molecule has 1 unspecified atom stereocenters. The van der Waals surface area contributed by atoms with Crippen LogP contribution in [0.5, 0.6) is 0 Å². The van der Waals surface area contributed by atoms with Gasteiger partial charge in [0.15, 0.2) is 0 Å².